The number of ether oxygens (including phenoxy) is 2. The van der Waals surface area contributed by atoms with Crippen molar-refractivity contribution in [3.8, 4) is 17.6 Å². The molecule has 1 unspecified atom stereocenters. The summed E-state index contributed by atoms with van der Waals surface area (Å²) in [6, 6.07) is 20.3. The number of fused-ring (bicyclic) bond motifs is 1. The summed E-state index contributed by atoms with van der Waals surface area (Å²) >= 11 is 0. The third kappa shape index (κ3) is 3.12. The number of allylic oxidation sites excluding steroid dienone is 3. The van der Waals surface area contributed by atoms with E-state index in [-0.39, 0.29) is 12.6 Å². The fourth-order valence-electron chi connectivity index (χ4n) is 5.24. The molecule has 2 aliphatic heterocycles. The van der Waals surface area contributed by atoms with Crippen molar-refractivity contribution in [2.45, 2.75) is 32.1 Å². The summed E-state index contributed by atoms with van der Waals surface area (Å²) in [5, 5.41) is 10.5. The number of aromatic nitrogens is 1. The van der Waals surface area contributed by atoms with Gasteiger partial charge in [0.05, 0.1) is 17.6 Å². The Morgan fingerprint density at radius 1 is 1.00 bits per heavy atom. The van der Waals surface area contributed by atoms with Gasteiger partial charge in [-0.25, -0.2) is 0 Å². The summed E-state index contributed by atoms with van der Waals surface area (Å²) < 4.78 is 13.1. The number of benzene rings is 2. The zero-order valence-electron chi connectivity index (χ0n) is 18.8. The van der Waals surface area contributed by atoms with Crippen molar-refractivity contribution in [1.29, 1.82) is 5.26 Å². The third-order valence-electron chi connectivity index (χ3n) is 6.69. The van der Waals surface area contributed by atoms with Crippen LogP contribution in [0.1, 0.15) is 36.3 Å². The van der Waals surface area contributed by atoms with Crippen LogP contribution in [0.3, 0.4) is 0 Å². The molecule has 3 heterocycles. The Kier molecular flexibility index (Phi) is 4.77. The molecule has 0 saturated carbocycles. The van der Waals surface area contributed by atoms with Gasteiger partial charge in [0.15, 0.2) is 17.3 Å². The number of hydrogen-bond acceptors (Lipinski definition) is 5. The number of anilines is 1. The molecule has 3 aliphatic rings. The van der Waals surface area contributed by atoms with E-state index in [0.29, 0.717) is 29.1 Å². The van der Waals surface area contributed by atoms with Gasteiger partial charge in [-0.05, 0) is 67.3 Å². The maximum atomic E-state index is 13.5. The zero-order valence-corrected chi connectivity index (χ0v) is 18.8. The highest BCUT2D eigenvalue weighted by atomic mass is 16.7. The van der Waals surface area contributed by atoms with Crippen molar-refractivity contribution in [2.24, 2.45) is 0 Å². The van der Waals surface area contributed by atoms with E-state index in [2.05, 4.69) is 30.0 Å². The number of carbonyl (C=O) groups excluding carboxylic acids is 1. The molecule has 6 nitrogen and oxygen atoms in total. The number of ketones is 1. The fourth-order valence-corrected chi connectivity index (χ4v) is 5.24. The molecule has 1 atom stereocenters. The van der Waals surface area contributed by atoms with Gasteiger partial charge in [-0.1, -0.05) is 18.2 Å². The van der Waals surface area contributed by atoms with E-state index in [1.807, 2.05) is 59.4 Å². The first kappa shape index (κ1) is 20.4. The highest BCUT2D eigenvalue weighted by Gasteiger charge is 2.42. The second kappa shape index (κ2) is 7.96. The predicted octanol–water partition coefficient (Wildman–Crippen LogP) is 5.53. The minimum atomic E-state index is -0.472. The Hall–Kier alpha value is -4.24. The van der Waals surface area contributed by atoms with Crippen molar-refractivity contribution in [3.05, 3.63) is 95.0 Å². The lowest BCUT2D eigenvalue weighted by atomic mass is 9.75. The fraction of sp³-hybridized carbons (Fsp3) is 0.214. The SMILES string of the molecule is Cc1cccc(N2C3=C(C(=O)CCC3)C(c3ccc4c(c3)OCO4)C(C#N)=C2n2cccc2)c1. The van der Waals surface area contributed by atoms with Crippen LogP contribution in [0, 0.1) is 18.3 Å². The predicted molar refractivity (Wildman–Crippen MR) is 128 cm³/mol. The van der Waals surface area contributed by atoms with Gasteiger partial charge in [0.2, 0.25) is 6.79 Å². The Bertz CT molecular complexity index is 1410. The van der Waals surface area contributed by atoms with Gasteiger partial charge >= 0.3 is 0 Å². The van der Waals surface area contributed by atoms with E-state index >= 15 is 0 Å². The maximum Gasteiger partial charge on any atom is 0.231 e. The zero-order chi connectivity index (χ0) is 23.2. The lowest BCUT2D eigenvalue weighted by Crippen LogP contribution is -2.36. The largest absolute Gasteiger partial charge is 0.454 e. The molecule has 34 heavy (non-hydrogen) atoms. The smallest absolute Gasteiger partial charge is 0.231 e. The summed E-state index contributed by atoms with van der Waals surface area (Å²) in [6.07, 6.45) is 5.93. The number of Topliss-reactive ketones (excluding diaryl/α,β-unsaturated/α-hetero) is 1. The van der Waals surface area contributed by atoms with Crippen LogP contribution < -0.4 is 14.4 Å². The highest BCUT2D eigenvalue weighted by molar-refractivity contribution is 6.03. The number of rotatable bonds is 3. The molecule has 1 aromatic heterocycles. The Morgan fingerprint density at radius 2 is 1.82 bits per heavy atom. The average Bonchev–Trinajstić information content (AvgIpc) is 3.54. The van der Waals surface area contributed by atoms with Crippen molar-refractivity contribution in [1.82, 2.24) is 4.57 Å². The molecule has 0 spiro atoms. The van der Waals surface area contributed by atoms with Crippen LogP contribution in [0.15, 0.2) is 83.8 Å². The van der Waals surface area contributed by atoms with E-state index < -0.39 is 5.92 Å². The Morgan fingerprint density at radius 3 is 2.62 bits per heavy atom. The van der Waals surface area contributed by atoms with Gasteiger partial charge in [-0.2, -0.15) is 5.26 Å². The summed E-state index contributed by atoms with van der Waals surface area (Å²) in [4.78, 5) is 15.6. The maximum absolute atomic E-state index is 13.5. The van der Waals surface area contributed by atoms with Crippen molar-refractivity contribution >= 4 is 17.3 Å². The Balaban J connectivity index is 1.65. The summed E-state index contributed by atoms with van der Waals surface area (Å²) in [5.41, 5.74) is 5.13. The van der Waals surface area contributed by atoms with Gasteiger partial charge in [0, 0.05) is 35.8 Å². The van der Waals surface area contributed by atoms with E-state index in [4.69, 9.17) is 9.47 Å². The van der Waals surface area contributed by atoms with Crippen molar-refractivity contribution in [2.75, 3.05) is 11.7 Å². The third-order valence-corrected chi connectivity index (χ3v) is 6.69. The lowest BCUT2D eigenvalue weighted by Gasteiger charge is -2.41. The summed E-state index contributed by atoms with van der Waals surface area (Å²) in [7, 11) is 0. The van der Waals surface area contributed by atoms with E-state index in [9.17, 15) is 10.1 Å². The van der Waals surface area contributed by atoms with Gasteiger partial charge in [-0.15, -0.1) is 0 Å². The van der Waals surface area contributed by atoms with Gasteiger partial charge in [0.25, 0.3) is 0 Å². The van der Waals surface area contributed by atoms with Gasteiger partial charge in [0.1, 0.15) is 5.82 Å². The lowest BCUT2D eigenvalue weighted by molar-refractivity contribution is -0.116. The van der Waals surface area contributed by atoms with Crippen LogP contribution in [-0.4, -0.2) is 17.1 Å². The highest BCUT2D eigenvalue weighted by Crippen LogP contribution is 2.50. The van der Waals surface area contributed by atoms with Crippen molar-refractivity contribution < 1.29 is 14.3 Å². The number of hydrogen-bond donors (Lipinski definition) is 0. The second-order valence-electron chi connectivity index (χ2n) is 8.80. The molecule has 3 aromatic rings. The minimum Gasteiger partial charge on any atom is -0.454 e. The van der Waals surface area contributed by atoms with Crippen LogP contribution in [0.2, 0.25) is 0 Å². The molecule has 6 heteroatoms. The first-order chi connectivity index (χ1) is 16.7. The monoisotopic (exact) mass is 449 g/mol. The van der Waals surface area contributed by atoms with Crippen LogP contribution in [0.25, 0.3) is 5.82 Å². The summed E-state index contributed by atoms with van der Waals surface area (Å²) in [6.45, 7) is 2.22. The second-order valence-corrected chi connectivity index (χ2v) is 8.80. The number of nitriles is 1. The van der Waals surface area contributed by atoms with Crippen LogP contribution in [0.4, 0.5) is 5.69 Å². The van der Waals surface area contributed by atoms with Gasteiger partial charge in [-0.3, -0.25) is 9.69 Å². The average molecular weight is 450 g/mol. The molecule has 0 N–H and O–H groups in total. The first-order valence-corrected chi connectivity index (χ1v) is 11.5. The summed E-state index contributed by atoms with van der Waals surface area (Å²) in [5.74, 6) is 1.71. The molecular formula is C28H23N3O3. The number of nitrogens with zero attached hydrogens (tertiary/aromatic N) is 3. The van der Waals surface area contributed by atoms with E-state index in [0.717, 1.165) is 41.2 Å². The molecule has 1 aliphatic carbocycles. The number of carbonyl (C=O) groups is 1. The van der Waals surface area contributed by atoms with Crippen LogP contribution in [-0.2, 0) is 4.79 Å². The number of aryl methyl sites for hydroxylation is 1. The van der Waals surface area contributed by atoms with Crippen LogP contribution in [0.5, 0.6) is 11.5 Å². The molecule has 0 saturated heterocycles. The van der Waals surface area contributed by atoms with Gasteiger partial charge < -0.3 is 14.0 Å². The minimum absolute atomic E-state index is 0.0980. The molecular weight excluding hydrogens is 426 g/mol. The molecule has 0 radical (unpaired) electrons. The molecule has 0 amide bonds. The molecule has 2 aromatic carbocycles. The first-order valence-electron chi connectivity index (χ1n) is 11.5. The Labute approximate surface area is 197 Å². The van der Waals surface area contributed by atoms with E-state index in [1.54, 1.807) is 0 Å². The molecule has 168 valence electrons. The quantitative estimate of drug-likeness (QED) is 0.526. The molecule has 0 bridgehead atoms. The molecule has 6 rings (SSSR count). The van der Waals surface area contributed by atoms with E-state index in [1.165, 1.54) is 0 Å². The topological polar surface area (TPSA) is 67.5 Å². The molecule has 0 fully saturated rings. The van der Waals surface area contributed by atoms with Crippen LogP contribution >= 0.6 is 0 Å². The standard InChI is InChI=1S/C28H23N3O3/c1-18-6-4-7-20(14-18)31-22-8-5-9-23(32)27(22)26(19-10-11-24-25(15-19)34-17-33-24)21(16-29)28(31)30-12-2-3-13-30/h2-4,6-7,10-15,26H,5,8-9,17H2,1H3. The van der Waals surface area contributed by atoms with Crippen molar-refractivity contribution in [3.63, 3.8) is 0 Å². The normalized spacial score (nSPS) is 19.4.